The largest absolute Gasteiger partial charge is 0.501 e. The molecular formula is C20H19F3N2O4S. The third kappa shape index (κ3) is 4.18. The number of carbonyl (C=O) groups excluding carboxylic acids is 2. The molecule has 30 heavy (non-hydrogen) atoms. The van der Waals surface area contributed by atoms with E-state index in [4.69, 9.17) is 0 Å². The van der Waals surface area contributed by atoms with Crippen LogP contribution in [0.15, 0.2) is 47.4 Å². The highest BCUT2D eigenvalue weighted by Gasteiger charge is 2.46. The van der Waals surface area contributed by atoms with Crippen LogP contribution in [0.3, 0.4) is 0 Å². The molecule has 1 saturated heterocycles. The molecule has 0 bridgehead atoms. The Morgan fingerprint density at radius 1 is 1.00 bits per heavy atom. The Morgan fingerprint density at radius 3 is 2.17 bits per heavy atom. The molecule has 1 aliphatic heterocycles. The molecule has 0 atom stereocenters. The molecule has 1 aliphatic rings. The quantitative estimate of drug-likeness (QED) is 0.785. The van der Waals surface area contributed by atoms with Gasteiger partial charge in [-0.25, -0.2) is 8.42 Å². The van der Waals surface area contributed by atoms with E-state index in [-0.39, 0.29) is 11.5 Å². The highest BCUT2D eigenvalue weighted by atomic mass is 32.2. The first-order valence-corrected chi connectivity index (χ1v) is 10.6. The standard InChI is InChI=1S/C20H19F3N2O4S/c1-13-16(19(27)25-11-2-3-12-25)5-4-6-17(13)24-18(26)14-7-9-15(10-8-14)30(28,29)20(21,22)23/h4-10H,2-3,11-12H2,1H3,(H,24,26). The molecule has 0 unspecified atom stereocenters. The van der Waals surface area contributed by atoms with Crippen molar-refractivity contribution < 1.29 is 31.2 Å². The van der Waals surface area contributed by atoms with Gasteiger partial charge < -0.3 is 10.2 Å². The van der Waals surface area contributed by atoms with Crippen LogP contribution in [0.25, 0.3) is 0 Å². The zero-order valence-corrected chi connectivity index (χ0v) is 16.8. The smallest absolute Gasteiger partial charge is 0.339 e. The molecule has 1 heterocycles. The van der Waals surface area contributed by atoms with Crippen molar-refractivity contribution in [3.63, 3.8) is 0 Å². The van der Waals surface area contributed by atoms with Crippen molar-refractivity contribution in [3.05, 3.63) is 59.2 Å². The molecule has 3 rings (SSSR count). The van der Waals surface area contributed by atoms with Gasteiger partial charge in [0.1, 0.15) is 0 Å². The van der Waals surface area contributed by atoms with E-state index in [2.05, 4.69) is 5.32 Å². The Labute approximate surface area is 171 Å². The first-order valence-electron chi connectivity index (χ1n) is 9.14. The zero-order chi connectivity index (χ0) is 22.1. The van der Waals surface area contributed by atoms with Crippen molar-refractivity contribution in [2.45, 2.75) is 30.2 Å². The van der Waals surface area contributed by atoms with E-state index in [9.17, 15) is 31.2 Å². The maximum atomic E-state index is 12.7. The van der Waals surface area contributed by atoms with Crippen molar-refractivity contribution in [3.8, 4) is 0 Å². The van der Waals surface area contributed by atoms with Crippen LogP contribution in [0.2, 0.25) is 0 Å². The fourth-order valence-corrected chi connectivity index (χ4v) is 3.97. The molecule has 6 nitrogen and oxygen atoms in total. The summed E-state index contributed by atoms with van der Waals surface area (Å²) in [4.78, 5) is 25.9. The number of nitrogens with zero attached hydrogens (tertiary/aromatic N) is 1. The first-order chi connectivity index (χ1) is 14.0. The van der Waals surface area contributed by atoms with Gasteiger partial charge in [-0.05, 0) is 61.7 Å². The maximum absolute atomic E-state index is 12.7. The summed E-state index contributed by atoms with van der Waals surface area (Å²) in [7, 11) is -5.48. The lowest BCUT2D eigenvalue weighted by Gasteiger charge is -2.18. The van der Waals surface area contributed by atoms with E-state index in [1.54, 1.807) is 30.0 Å². The second-order valence-electron chi connectivity index (χ2n) is 6.91. The summed E-state index contributed by atoms with van der Waals surface area (Å²) in [6.07, 6.45) is 1.89. The number of anilines is 1. The lowest BCUT2D eigenvalue weighted by Crippen LogP contribution is -2.28. The zero-order valence-electron chi connectivity index (χ0n) is 16.0. The predicted molar refractivity (Wildman–Crippen MR) is 104 cm³/mol. The Kier molecular flexibility index (Phi) is 5.89. The number of nitrogens with one attached hydrogen (secondary N) is 1. The van der Waals surface area contributed by atoms with Crippen LogP contribution in [0.1, 0.15) is 39.1 Å². The SMILES string of the molecule is Cc1c(NC(=O)c2ccc(S(=O)(=O)C(F)(F)F)cc2)cccc1C(=O)N1CCCC1. The van der Waals surface area contributed by atoms with Crippen LogP contribution in [0, 0.1) is 6.92 Å². The fraction of sp³-hybridized carbons (Fsp3) is 0.300. The van der Waals surface area contributed by atoms with E-state index < -0.39 is 26.1 Å². The summed E-state index contributed by atoms with van der Waals surface area (Å²) in [6.45, 7) is 3.06. The second-order valence-corrected chi connectivity index (χ2v) is 8.85. The number of benzene rings is 2. The minimum absolute atomic E-state index is 0.0215. The van der Waals surface area contributed by atoms with Crippen LogP contribution in [-0.2, 0) is 9.84 Å². The Hall–Kier alpha value is -2.88. The lowest BCUT2D eigenvalue weighted by atomic mass is 10.0. The molecule has 0 aromatic heterocycles. The summed E-state index contributed by atoms with van der Waals surface area (Å²) < 4.78 is 60.7. The Morgan fingerprint density at radius 2 is 1.60 bits per heavy atom. The molecule has 160 valence electrons. The van der Waals surface area contributed by atoms with Gasteiger partial charge in [0.05, 0.1) is 4.90 Å². The van der Waals surface area contributed by atoms with Gasteiger partial charge in [0.2, 0.25) is 0 Å². The molecule has 0 saturated carbocycles. The van der Waals surface area contributed by atoms with Gasteiger partial charge in [-0.15, -0.1) is 0 Å². The van der Waals surface area contributed by atoms with Crippen LogP contribution in [0.4, 0.5) is 18.9 Å². The third-order valence-electron chi connectivity index (χ3n) is 4.94. The van der Waals surface area contributed by atoms with Gasteiger partial charge >= 0.3 is 5.51 Å². The normalized spacial score (nSPS) is 14.6. The third-order valence-corrected chi connectivity index (χ3v) is 6.44. The number of likely N-dealkylation sites (tertiary alicyclic amines) is 1. The van der Waals surface area contributed by atoms with E-state index in [1.807, 2.05) is 0 Å². The number of alkyl halides is 3. The number of hydrogen-bond acceptors (Lipinski definition) is 4. The van der Waals surface area contributed by atoms with Gasteiger partial charge in [0, 0.05) is 29.9 Å². The maximum Gasteiger partial charge on any atom is 0.501 e. The number of carbonyl (C=O) groups is 2. The highest BCUT2D eigenvalue weighted by Crippen LogP contribution is 2.30. The monoisotopic (exact) mass is 440 g/mol. The molecule has 1 N–H and O–H groups in total. The van der Waals surface area contributed by atoms with Crippen molar-refractivity contribution >= 4 is 27.3 Å². The predicted octanol–water partition coefficient (Wildman–Crippen LogP) is 3.78. The molecule has 1 fully saturated rings. The lowest BCUT2D eigenvalue weighted by molar-refractivity contribution is -0.0436. The molecular weight excluding hydrogens is 421 g/mol. The molecule has 0 spiro atoms. The minimum atomic E-state index is -5.48. The molecule has 0 aliphatic carbocycles. The topological polar surface area (TPSA) is 83.5 Å². The minimum Gasteiger partial charge on any atom is -0.339 e. The number of hydrogen-bond donors (Lipinski definition) is 1. The van der Waals surface area contributed by atoms with Gasteiger partial charge in [-0.1, -0.05) is 6.07 Å². The van der Waals surface area contributed by atoms with Gasteiger partial charge in [0.25, 0.3) is 21.7 Å². The Balaban J connectivity index is 1.80. The van der Waals surface area contributed by atoms with Crippen molar-refractivity contribution in [2.24, 2.45) is 0 Å². The van der Waals surface area contributed by atoms with E-state index in [0.29, 0.717) is 29.9 Å². The van der Waals surface area contributed by atoms with Crippen molar-refractivity contribution in [1.82, 2.24) is 4.90 Å². The summed E-state index contributed by atoms with van der Waals surface area (Å²) in [5.41, 5.74) is -4.03. The molecule has 2 aromatic carbocycles. The molecule has 2 aromatic rings. The second kappa shape index (κ2) is 8.10. The highest BCUT2D eigenvalue weighted by molar-refractivity contribution is 7.92. The van der Waals surface area contributed by atoms with E-state index in [0.717, 1.165) is 37.1 Å². The molecule has 2 amide bonds. The number of halogens is 3. The average Bonchev–Trinajstić information content (AvgIpc) is 3.23. The number of amides is 2. The number of sulfone groups is 1. The molecule has 0 radical (unpaired) electrons. The summed E-state index contributed by atoms with van der Waals surface area (Å²) in [5.74, 6) is -0.761. The summed E-state index contributed by atoms with van der Waals surface area (Å²) in [6, 6.07) is 8.38. The van der Waals surface area contributed by atoms with E-state index in [1.165, 1.54) is 0 Å². The van der Waals surface area contributed by atoms with Crippen LogP contribution in [0.5, 0.6) is 0 Å². The van der Waals surface area contributed by atoms with Crippen LogP contribution >= 0.6 is 0 Å². The number of rotatable bonds is 4. The Bertz CT molecular complexity index is 1070. The van der Waals surface area contributed by atoms with Crippen LogP contribution < -0.4 is 5.32 Å². The van der Waals surface area contributed by atoms with Crippen LogP contribution in [-0.4, -0.2) is 43.7 Å². The summed E-state index contributed by atoms with van der Waals surface area (Å²) in [5, 5.41) is 2.62. The molecule has 10 heteroatoms. The average molecular weight is 440 g/mol. The van der Waals surface area contributed by atoms with Crippen molar-refractivity contribution in [1.29, 1.82) is 0 Å². The van der Waals surface area contributed by atoms with Gasteiger partial charge in [0.15, 0.2) is 0 Å². The fourth-order valence-electron chi connectivity index (χ4n) is 3.21. The first kappa shape index (κ1) is 21.8. The summed E-state index contributed by atoms with van der Waals surface area (Å²) >= 11 is 0. The van der Waals surface area contributed by atoms with Crippen molar-refractivity contribution in [2.75, 3.05) is 18.4 Å². The van der Waals surface area contributed by atoms with Gasteiger partial charge in [-0.3, -0.25) is 9.59 Å². The van der Waals surface area contributed by atoms with Gasteiger partial charge in [-0.2, -0.15) is 13.2 Å². The van der Waals surface area contributed by atoms with E-state index >= 15 is 0 Å².